The number of nitrogens with zero attached hydrogens (tertiary/aromatic N) is 1. The van der Waals surface area contributed by atoms with Crippen molar-refractivity contribution < 1.29 is 23.1 Å². The summed E-state index contributed by atoms with van der Waals surface area (Å²) in [5.41, 5.74) is -2.13. The molecule has 0 radical (unpaired) electrons. The van der Waals surface area contributed by atoms with Gasteiger partial charge in [-0.3, -0.25) is 0 Å². The second kappa shape index (κ2) is 4.83. The lowest BCUT2D eigenvalue weighted by molar-refractivity contribution is -0.142. The number of halogens is 3. The normalized spacial score (nSPS) is 14.9. The molecule has 1 heterocycles. The molecule has 0 bridgehead atoms. The van der Waals surface area contributed by atoms with Gasteiger partial charge in [0.2, 0.25) is 0 Å². The number of aromatic nitrogens is 1. The molecule has 0 aliphatic heterocycles. The fraction of sp³-hybridized carbons (Fsp3) is 0.455. The van der Waals surface area contributed by atoms with Gasteiger partial charge < -0.3 is 10.4 Å². The molecule has 4 nitrogen and oxygen atoms in total. The Morgan fingerprint density at radius 2 is 2.06 bits per heavy atom. The highest BCUT2D eigenvalue weighted by Gasteiger charge is 2.33. The summed E-state index contributed by atoms with van der Waals surface area (Å²) in [5, 5.41) is 11.6. The highest BCUT2D eigenvalue weighted by atomic mass is 19.4. The van der Waals surface area contributed by atoms with Crippen LogP contribution in [0.3, 0.4) is 0 Å². The molecule has 1 unspecified atom stereocenters. The van der Waals surface area contributed by atoms with Gasteiger partial charge in [0.05, 0.1) is 5.56 Å². The lowest BCUT2D eigenvalue weighted by Gasteiger charge is -2.25. The van der Waals surface area contributed by atoms with Crippen molar-refractivity contribution in [2.45, 2.75) is 32.0 Å². The Labute approximate surface area is 102 Å². The number of carboxylic acids is 1. The number of pyridine rings is 1. The number of carbonyl (C=O) groups is 1. The number of carboxylic acid groups (broad SMARTS) is 1. The molecule has 0 saturated heterocycles. The summed E-state index contributed by atoms with van der Waals surface area (Å²) >= 11 is 0. The maximum atomic E-state index is 12.3. The zero-order valence-electron chi connectivity index (χ0n) is 9.88. The molecule has 0 fully saturated rings. The second-order valence-electron chi connectivity index (χ2n) is 4.05. The van der Waals surface area contributed by atoms with Gasteiger partial charge in [-0.05, 0) is 25.5 Å². The lowest BCUT2D eigenvalue weighted by atomic mass is 9.99. The Morgan fingerprint density at radius 3 is 2.39 bits per heavy atom. The molecule has 100 valence electrons. The number of nitrogens with one attached hydrogen (secondary N) is 1. The molecule has 2 N–H and O–H groups in total. The Balaban J connectivity index is 2.90. The number of rotatable bonds is 4. The monoisotopic (exact) mass is 262 g/mol. The van der Waals surface area contributed by atoms with E-state index in [1.807, 2.05) is 0 Å². The fourth-order valence-corrected chi connectivity index (χ4v) is 1.21. The van der Waals surface area contributed by atoms with E-state index >= 15 is 0 Å². The third kappa shape index (κ3) is 3.12. The summed E-state index contributed by atoms with van der Waals surface area (Å²) in [7, 11) is 0. The third-order valence-corrected chi connectivity index (χ3v) is 2.67. The number of alkyl halides is 3. The predicted octanol–water partition coefficient (Wildman–Crippen LogP) is 2.77. The van der Waals surface area contributed by atoms with Crippen molar-refractivity contribution >= 4 is 11.8 Å². The molecule has 0 aromatic carbocycles. The third-order valence-electron chi connectivity index (χ3n) is 2.67. The van der Waals surface area contributed by atoms with E-state index in [0.29, 0.717) is 6.20 Å². The van der Waals surface area contributed by atoms with Gasteiger partial charge in [0.1, 0.15) is 11.4 Å². The zero-order valence-corrected chi connectivity index (χ0v) is 9.88. The number of aliphatic carboxylic acids is 1. The van der Waals surface area contributed by atoms with Gasteiger partial charge in [0.25, 0.3) is 0 Å². The molecule has 0 saturated carbocycles. The van der Waals surface area contributed by atoms with Gasteiger partial charge in [-0.2, -0.15) is 13.2 Å². The van der Waals surface area contributed by atoms with E-state index in [4.69, 9.17) is 5.11 Å². The summed E-state index contributed by atoms with van der Waals surface area (Å²) in [6.07, 6.45) is -3.52. The fourth-order valence-electron chi connectivity index (χ4n) is 1.21. The minimum atomic E-state index is -4.45. The Kier molecular flexibility index (Phi) is 3.83. The highest BCUT2D eigenvalue weighted by Crippen LogP contribution is 2.29. The van der Waals surface area contributed by atoms with Gasteiger partial charge in [0, 0.05) is 6.20 Å². The largest absolute Gasteiger partial charge is 0.480 e. The zero-order chi connectivity index (χ0) is 14.0. The van der Waals surface area contributed by atoms with Gasteiger partial charge in [-0.15, -0.1) is 0 Å². The minimum absolute atomic E-state index is 0.0924. The molecule has 0 amide bonds. The minimum Gasteiger partial charge on any atom is -0.480 e. The van der Waals surface area contributed by atoms with Crippen molar-refractivity contribution in [2.24, 2.45) is 0 Å². The second-order valence-corrected chi connectivity index (χ2v) is 4.05. The molecule has 0 spiro atoms. The van der Waals surface area contributed by atoms with Gasteiger partial charge in [-0.1, -0.05) is 6.92 Å². The van der Waals surface area contributed by atoms with E-state index in [1.165, 1.54) is 6.92 Å². The van der Waals surface area contributed by atoms with Crippen LogP contribution in [0.2, 0.25) is 0 Å². The first-order valence-electron chi connectivity index (χ1n) is 5.24. The Hall–Kier alpha value is -1.79. The highest BCUT2D eigenvalue weighted by molar-refractivity contribution is 5.81. The molecule has 18 heavy (non-hydrogen) atoms. The molecular weight excluding hydrogens is 249 g/mol. The average molecular weight is 262 g/mol. The standard InChI is InChI=1S/C11H13F3N2O2/c1-3-10(2,9(17)18)16-8-5-4-7(6-15-8)11(12,13)14/h4-6H,3H2,1-2H3,(H,15,16)(H,17,18). The molecule has 1 rings (SSSR count). The summed E-state index contributed by atoms with van der Waals surface area (Å²) in [6.45, 7) is 3.10. The van der Waals surface area contributed by atoms with Crippen LogP contribution in [-0.4, -0.2) is 21.6 Å². The topological polar surface area (TPSA) is 62.2 Å². The first kappa shape index (κ1) is 14.3. The summed E-state index contributed by atoms with van der Waals surface area (Å²) in [6, 6.07) is 1.97. The summed E-state index contributed by atoms with van der Waals surface area (Å²) in [5.74, 6) is -0.999. The predicted molar refractivity (Wildman–Crippen MR) is 59.2 cm³/mol. The van der Waals surface area contributed by atoms with Crippen molar-refractivity contribution in [3.63, 3.8) is 0 Å². The van der Waals surface area contributed by atoms with Crippen LogP contribution in [0, 0.1) is 0 Å². The van der Waals surface area contributed by atoms with Crippen molar-refractivity contribution in [2.75, 3.05) is 5.32 Å². The van der Waals surface area contributed by atoms with E-state index in [-0.39, 0.29) is 12.2 Å². The number of anilines is 1. The van der Waals surface area contributed by atoms with E-state index in [1.54, 1.807) is 6.92 Å². The van der Waals surface area contributed by atoms with Crippen molar-refractivity contribution in [3.05, 3.63) is 23.9 Å². The smallest absolute Gasteiger partial charge is 0.417 e. The molecule has 1 atom stereocenters. The first-order chi connectivity index (χ1) is 8.19. The van der Waals surface area contributed by atoms with E-state index in [9.17, 15) is 18.0 Å². The Morgan fingerprint density at radius 1 is 1.44 bits per heavy atom. The molecule has 1 aromatic heterocycles. The van der Waals surface area contributed by atoms with Crippen LogP contribution in [0.4, 0.5) is 19.0 Å². The van der Waals surface area contributed by atoms with Gasteiger partial charge >= 0.3 is 12.1 Å². The number of hydrogen-bond donors (Lipinski definition) is 2. The van der Waals surface area contributed by atoms with E-state index in [0.717, 1.165) is 12.1 Å². The lowest BCUT2D eigenvalue weighted by Crippen LogP contribution is -2.42. The average Bonchev–Trinajstić information content (AvgIpc) is 2.28. The molecule has 7 heteroatoms. The van der Waals surface area contributed by atoms with Gasteiger partial charge in [0.15, 0.2) is 0 Å². The summed E-state index contributed by atoms with van der Waals surface area (Å²) < 4.78 is 36.9. The molecule has 0 aliphatic rings. The first-order valence-corrected chi connectivity index (χ1v) is 5.24. The van der Waals surface area contributed by atoms with Crippen LogP contribution < -0.4 is 5.32 Å². The SMILES string of the molecule is CCC(C)(Nc1ccc(C(F)(F)F)cn1)C(=O)O. The molecule has 1 aromatic rings. The molecule has 0 aliphatic carbocycles. The van der Waals surface area contributed by atoms with Crippen LogP contribution >= 0.6 is 0 Å². The van der Waals surface area contributed by atoms with Crippen LogP contribution in [-0.2, 0) is 11.0 Å². The molecular formula is C11H13F3N2O2. The number of hydrogen-bond acceptors (Lipinski definition) is 3. The summed E-state index contributed by atoms with van der Waals surface area (Å²) in [4.78, 5) is 14.6. The van der Waals surface area contributed by atoms with E-state index < -0.39 is 23.2 Å². The van der Waals surface area contributed by atoms with Crippen LogP contribution in [0.15, 0.2) is 18.3 Å². The van der Waals surface area contributed by atoms with Crippen LogP contribution in [0.25, 0.3) is 0 Å². The van der Waals surface area contributed by atoms with Crippen LogP contribution in [0.1, 0.15) is 25.8 Å². The Bertz CT molecular complexity index is 431. The van der Waals surface area contributed by atoms with Crippen molar-refractivity contribution in [1.82, 2.24) is 4.98 Å². The van der Waals surface area contributed by atoms with Crippen LogP contribution in [0.5, 0.6) is 0 Å². The maximum absolute atomic E-state index is 12.3. The van der Waals surface area contributed by atoms with Gasteiger partial charge in [-0.25, -0.2) is 9.78 Å². The quantitative estimate of drug-likeness (QED) is 0.875. The maximum Gasteiger partial charge on any atom is 0.417 e. The van der Waals surface area contributed by atoms with Crippen molar-refractivity contribution in [3.8, 4) is 0 Å². The van der Waals surface area contributed by atoms with Crippen molar-refractivity contribution in [1.29, 1.82) is 0 Å². The van der Waals surface area contributed by atoms with E-state index in [2.05, 4.69) is 10.3 Å².